The van der Waals surface area contributed by atoms with Crippen molar-refractivity contribution in [1.82, 2.24) is 0 Å². The van der Waals surface area contributed by atoms with Gasteiger partial charge in [-0.1, -0.05) is 31.2 Å². The van der Waals surface area contributed by atoms with E-state index < -0.39 is 0 Å². The number of benzene rings is 1. The summed E-state index contributed by atoms with van der Waals surface area (Å²) >= 11 is 0. The summed E-state index contributed by atoms with van der Waals surface area (Å²) in [4.78, 5) is 1.45. The van der Waals surface area contributed by atoms with Gasteiger partial charge in [-0.15, -0.1) is 0 Å². The highest BCUT2D eigenvalue weighted by atomic mass is 15.1. The van der Waals surface area contributed by atoms with E-state index >= 15 is 0 Å². The Balaban J connectivity index is 2.84. The Morgan fingerprint density at radius 1 is 1.21 bits per heavy atom. The van der Waals surface area contributed by atoms with E-state index in [2.05, 4.69) is 51.0 Å². The maximum atomic E-state index is 4.01. The molecule has 0 heterocycles. The van der Waals surface area contributed by atoms with Crippen molar-refractivity contribution >= 4 is 0 Å². The second-order valence-electron chi connectivity index (χ2n) is 4.01. The third-order valence-electron chi connectivity index (χ3n) is 2.78. The molecular formula is C12H22N2+2. The van der Waals surface area contributed by atoms with Crippen molar-refractivity contribution in [2.45, 2.75) is 19.4 Å². The highest BCUT2D eigenvalue weighted by molar-refractivity contribution is 5.23. The molecule has 2 heteroatoms. The summed E-state index contributed by atoms with van der Waals surface area (Å²) in [6.07, 6.45) is 1.12. The molecule has 0 amide bonds. The fourth-order valence-corrected chi connectivity index (χ4v) is 1.77. The normalized spacial score (nSPS) is 13.2. The smallest absolute Gasteiger partial charge is 0.162 e. The van der Waals surface area contributed by atoms with E-state index in [9.17, 15) is 0 Å². The molecule has 1 rings (SSSR count). The van der Waals surface area contributed by atoms with Crippen LogP contribution in [0.1, 0.15) is 24.1 Å². The third-order valence-corrected chi connectivity index (χ3v) is 2.78. The lowest BCUT2D eigenvalue weighted by Gasteiger charge is -2.18. The zero-order valence-electron chi connectivity index (χ0n) is 9.51. The largest absolute Gasteiger partial charge is 0.352 e. The van der Waals surface area contributed by atoms with Gasteiger partial charge in [0.15, 0.2) is 6.04 Å². The van der Waals surface area contributed by atoms with Gasteiger partial charge in [-0.25, -0.2) is 0 Å². The Kier molecular flexibility index (Phi) is 4.11. The van der Waals surface area contributed by atoms with Gasteiger partial charge in [-0.05, 0) is 12.0 Å². The topological polar surface area (TPSA) is 32.1 Å². The maximum Gasteiger partial charge on any atom is 0.162 e. The van der Waals surface area contributed by atoms with Gasteiger partial charge >= 0.3 is 0 Å². The van der Waals surface area contributed by atoms with Gasteiger partial charge in [-0.2, -0.15) is 0 Å². The number of quaternary nitrogens is 2. The van der Waals surface area contributed by atoms with Crippen LogP contribution in [0.3, 0.4) is 0 Å². The second-order valence-corrected chi connectivity index (χ2v) is 4.01. The predicted molar refractivity (Wildman–Crippen MR) is 59.1 cm³/mol. The highest BCUT2D eigenvalue weighted by Crippen LogP contribution is 2.10. The molecule has 14 heavy (non-hydrogen) atoms. The molecule has 1 aromatic rings. The van der Waals surface area contributed by atoms with E-state index in [4.69, 9.17) is 0 Å². The Morgan fingerprint density at radius 2 is 1.79 bits per heavy atom. The molecule has 0 aliphatic carbocycles. The zero-order chi connectivity index (χ0) is 10.6. The molecule has 0 saturated heterocycles. The van der Waals surface area contributed by atoms with Gasteiger partial charge in [0, 0.05) is 5.56 Å². The van der Waals surface area contributed by atoms with Gasteiger partial charge in [0.05, 0.1) is 14.1 Å². The summed E-state index contributed by atoms with van der Waals surface area (Å²) in [5, 5.41) is 0. The summed E-state index contributed by atoms with van der Waals surface area (Å²) in [5.74, 6) is 0. The van der Waals surface area contributed by atoms with Crippen LogP contribution in [0.5, 0.6) is 0 Å². The van der Waals surface area contributed by atoms with E-state index in [-0.39, 0.29) is 0 Å². The lowest BCUT2D eigenvalue weighted by molar-refractivity contribution is -0.899. The lowest BCUT2D eigenvalue weighted by Crippen LogP contribution is -3.07. The summed E-state index contributed by atoms with van der Waals surface area (Å²) < 4.78 is 0. The Labute approximate surface area is 86.7 Å². The molecule has 78 valence electrons. The molecular weight excluding hydrogens is 172 g/mol. The quantitative estimate of drug-likeness (QED) is 0.658. The number of nitrogens with one attached hydrogen (secondary N) is 1. The van der Waals surface area contributed by atoms with Crippen molar-refractivity contribution in [1.29, 1.82) is 0 Å². The van der Waals surface area contributed by atoms with Gasteiger partial charge < -0.3 is 10.6 Å². The molecule has 0 aliphatic rings. The van der Waals surface area contributed by atoms with Gasteiger partial charge in [0.2, 0.25) is 0 Å². The summed E-state index contributed by atoms with van der Waals surface area (Å²) in [5.41, 5.74) is 6.81. The van der Waals surface area contributed by atoms with E-state index in [1.807, 2.05) is 0 Å². The Morgan fingerprint density at radius 3 is 2.14 bits per heavy atom. The van der Waals surface area contributed by atoms with Gasteiger partial charge in [0.25, 0.3) is 0 Å². The Hall–Kier alpha value is -0.860. The van der Waals surface area contributed by atoms with Crippen molar-refractivity contribution in [3.8, 4) is 0 Å². The van der Waals surface area contributed by atoms with Crippen LogP contribution in [0.2, 0.25) is 0 Å². The molecule has 1 atom stereocenters. The maximum absolute atomic E-state index is 4.01. The molecule has 0 fully saturated rings. The van der Waals surface area contributed by atoms with Crippen molar-refractivity contribution in [2.75, 3.05) is 20.6 Å². The van der Waals surface area contributed by atoms with Crippen LogP contribution in [0.15, 0.2) is 24.3 Å². The van der Waals surface area contributed by atoms with Gasteiger partial charge in [-0.3, -0.25) is 0 Å². The number of aryl methyl sites for hydroxylation is 1. The van der Waals surface area contributed by atoms with Crippen molar-refractivity contribution in [2.24, 2.45) is 0 Å². The minimum Gasteiger partial charge on any atom is -0.352 e. The molecule has 0 saturated carbocycles. The van der Waals surface area contributed by atoms with Crippen LogP contribution >= 0.6 is 0 Å². The average Bonchev–Trinajstić information content (AvgIpc) is 2.19. The van der Waals surface area contributed by atoms with Crippen LogP contribution in [0.25, 0.3) is 0 Å². The van der Waals surface area contributed by atoms with Crippen molar-refractivity contribution in [3.05, 3.63) is 35.4 Å². The number of rotatable bonds is 4. The standard InChI is InChI=1S/C12H20N2/c1-4-10-5-7-11(8-6-10)12(9-13)14(2)3/h5-8,12H,4,9,13H2,1-3H3/p+2/t12-/m1/s1. The number of likely N-dealkylation sites (N-methyl/N-ethyl adjacent to an activating group) is 1. The molecule has 0 spiro atoms. The molecule has 4 N–H and O–H groups in total. The molecule has 0 unspecified atom stereocenters. The van der Waals surface area contributed by atoms with Crippen molar-refractivity contribution in [3.63, 3.8) is 0 Å². The fourth-order valence-electron chi connectivity index (χ4n) is 1.77. The fraction of sp³-hybridized carbons (Fsp3) is 0.500. The number of hydrogen-bond acceptors (Lipinski definition) is 0. The van der Waals surface area contributed by atoms with Crippen LogP contribution in [0.4, 0.5) is 0 Å². The highest BCUT2D eigenvalue weighted by Gasteiger charge is 2.16. The monoisotopic (exact) mass is 194 g/mol. The minimum atomic E-state index is 0.529. The Bertz CT molecular complexity index is 264. The van der Waals surface area contributed by atoms with E-state index in [0.717, 1.165) is 13.0 Å². The van der Waals surface area contributed by atoms with Crippen LogP contribution in [-0.2, 0) is 6.42 Å². The van der Waals surface area contributed by atoms with Crippen LogP contribution in [-0.4, -0.2) is 20.6 Å². The predicted octanol–water partition coefficient (Wildman–Crippen LogP) is -0.323. The molecule has 0 aliphatic heterocycles. The van der Waals surface area contributed by atoms with E-state index in [1.165, 1.54) is 16.0 Å². The summed E-state index contributed by atoms with van der Waals surface area (Å²) in [6, 6.07) is 9.45. The first-order chi connectivity index (χ1) is 6.69. The number of hydrogen-bond donors (Lipinski definition) is 2. The zero-order valence-corrected chi connectivity index (χ0v) is 9.51. The first-order valence-corrected chi connectivity index (χ1v) is 5.37. The SMILES string of the molecule is CCc1ccc([C@@H](C[NH3+])[NH+](C)C)cc1. The van der Waals surface area contributed by atoms with Crippen LogP contribution in [0, 0.1) is 0 Å². The summed E-state index contributed by atoms with van der Waals surface area (Å²) in [7, 11) is 4.37. The second kappa shape index (κ2) is 5.13. The van der Waals surface area contributed by atoms with Crippen LogP contribution < -0.4 is 10.6 Å². The molecule has 2 nitrogen and oxygen atoms in total. The van der Waals surface area contributed by atoms with Crippen molar-refractivity contribution < 1.29 is 10.6 Å². The molecule has 0 aromatic heterocycles. The van der Waals surface area contributed by atoms with E-state index in [0.29, 0.717) is 6.04 Å². The molecule has 1 aromatic carbocycles. The lowest BCUT2D eigenvalue weighted by atomic mass is 10.0. The average molecular weight is 194 g/mol. The molecule has 0 radical (unpaired) electrons. The van der Waals surface area contributed by atoms with E-state index in [1.54, 1.807) is 0 Å². The van der Waals surface area contributed by atoms with Gasteiger partial charge in [0.1, 0.15) is 6.54 Å². The third kappa shape index (κ3) is 2.56. The summed E-state index contributed by atoms with van der Waals surface area (Å²) in [6.45, 7) is 3.14. The first-order valence-electron chi connectivity index (χ1n) is 5.37. The first kappa shape index (κ1) is 11.2. The minimum absolute atomic E-state index is 0.529. The molecule has 0 bridgehead atoms.